The van der Waals surface area contributed by atoms with Crippen molar-refractivity contribution in [1.82, 2.24) is 5.32 Å². The molecular formula is C15H23NO2. The summed E-state index contributed by atoms with van der Waals surface area (Å²) in [6, 6.07) is 7.88. The second-order valence-corrected chi connectivity index (χ2v) is 4.91. The molecule has 3 heteroatoms. The van der Waals surface area contributed by atoms with Crippen LogP contribution in [-0.2, 0) is 5.60 Å². The van der Waals surface area contributed by atoms with Crippen molar-refractivity contribution in [2.75, 3.05) is 19.7 Å². The Morgan fingerprint density at radius 2 is 2.17 bits per heavy atom. The molecule has 18 heavy (non-hydrogen) atoms. The summed E-state index contributed by atoms with van der Waals surface area (Å²) in [6.45, 7) is 6.45. The van der Waals surface area contributed by atoms with Gasteiger partial charge in [0.1, 0.15) is 5.75 Å². The summed E-state index contributed by atoms with van der Waals surface area (Å²) in [7, 11) is 0. The van der Waals surface area contributed by atoms with Crippen LogP contribution in [0.15, 0.2) is 24.3 Å². The monoisotopic (exact) mass is 249 g/mol. The molecular weight excluding hydrogens is 226 g/mol. The maximum Gasteiger partial charge on any atom is 0.125 e. The molecule has 2 unspecified atom stereocenters. The molecule has 1 aromatic rings. The van der Waals surface area contributed by atoms with Crippen molar-refractivity contribution in [3.05, 3.63) is 29.8 Å². The lowest BCUT2D eigenvalue weighted by atomic mass is 9.75. The van der Waals surface area contributed by atoms with Crippen molar-refractivity contribution < 1.29 is 9.84 Å². The predicted molar refractivity (Wildman–Crippen MR) is 72.8 cm³/mol. The minimum atomic E-state index is -0.758. The van der Waals surface area contributed by atoms with Gasteiger partial charge in [-0.15, -0.1) is 0 Å². The topological polar surface area (TPSA) is 41.5 Å². The van der Waals surface area contributed by atoms with E-state index in [2.05, 4.69) is 12.2 Å². The first-order valence-electron chi connectivity index (χ1n) is 6.87. The average molecular weight is 249 g/mol. The van der Waals surface area contributed by atoms with Gasteiger partial charge < -0.3 is 15.2 Å². The third-order valence-corrected chi connectivity index (χ3v) is 3.90. The van der Waals surface area contributed by atoms with E-state index in [1.165, 1.54) is 0 Å². The molecule has 0 radical (unpaired) electrons. The summed E-state index contributed by atoms with van der Waals surface area (Å²) in [5, 5.41) is 14.5. The maximum absolute atomic E-state index is 11.1. The standard InChI is InChI=1S/C15H23NO2/c1-3-12-11-16-10-9-15(12,17)13-7-5-6-8-14(13)18-4-2/h5-8,12,16-17H,3-4,9-11H2,1-2H3. The van der Waals surface area contributed by atoms with Gasteiger partial charge in [-0.3, -0.25) is 0 Å². The lowest BCUT2D eigenvalue weighted by molar-refractivity contribution is -0.0496. The van der Waals surface area contributed by atoms with Gasteiger partial charge in [0.25, 0.3) is 0 Å². The van der Waals surface area contributed by atoms with Gasteiger partial charge in [0.2, 0.25) is 0 Å². The molecule has 1 aromatic carbocycles. The highest BCUT2D eigenvalue weighted by Crippen LogP contribution is 2.41. The van der Waals surface area contributed by atoms with Crippen LogP contribution in [0, 0.1) is 5.92 Å². The number of ether oxygens (including phenoxy) is 1. The molecule has 2 N–H and O–H groups in total. The van der Waals surface area contributed by atoms with E-state index in [1.54, 1.807) is 0 Å². The van der Waals surface area contributed by atoms with Gasteiger partial charge in [-0.2, -0.15) is 0 Å². The third kappa shape index (κ3) is 2.38. The van der Waals surface area contributed by atoms with Gasteiger partial charge in [0.15, 0.2) is 0 Å². The maximum atomic E-state index is 11.1. The van der Waals surface area contributed by atoms with Crippen molar-refractivity contribution >= 4 is 0 Å². The minimum Gasteiger partial charge on any atom is -0.493 e. The quantitative estimate of drug-likeness (QED) is 0.860. The van der Waals surface area contributed by atoms with E-state index < -0.39 is 5.60 Å². The van der Waals surface area contributed by atoms with E-state index in [9.17, 15) is 5.11 Å². The summed E-state index contributed by atoms with van der Waals surface area (Å²) < 4.78 is 5.67. The van der Waals surface area contributed by atoms with Gasteiger partial charge in [0, 0.05) is 18.0 Å². The Balaban J connectivity index is 2.38. The number of benzene rings is 1. The van der Waals surface area contributed by atoms with Crippen molar-refractivity contribution in [2.45, 2.75) is 32.3 Å². The average Bonchev–Trinajstić information content (AvgIpc) is 2.40. The summed E-state index contributed by atoms with van der Waals surface area (Å²) in [5.41, 5.74) is 0.186. The summed E-state index contributed by atoms with van der Waals surface area (Å²) in [5.74, 6) is 1.07. The number of piperidine rings is 1. The van der Waals surface area contributed by atoms with Crippen molar-refractivity contribution in [2.24, 2.45) is 5.92 Å². The molecule has 1 heterocycles. The van der Waals surface area contributed by atoms with Crippen LogP contribution < -0.4 is 10.1 Å². The molecule has 1 aliphatic heterocycles. The van der Waals surface area contributed by atoms with Crippen molar-refractivity contribution in [1.29, 1.82) is 0 Å². The minimum absolute atomic E-state index is 0.243. The Bertz CT molecular complexity index is 394. The molecule has 0 aliphatic carbocycles. The Morgan fingerprint density at radius 3 is 2.89 bits per heavy atom. The van der Waals surface area contributed by atoms with Crippen LogP contribution in [0.3, 0.4) is 0 Å². The molecule has 0 aromatic heterocycles. The van der Waals surface area contributed by atoms with Gasteiger partial charge in [-0.25, -0.2) is 0 Å². The molecule has 1 fully saturated rings. The summed E-state index contributed by atoms with van der Waals surface area (Å²) >= 11 is 0. The highest BCUT2D eigenvalue weighted by molar-refractivity contribution is 5.39. The van der Waals surface area contributed by atoms with E-state index in [-0.39, 0.29) is 5.92 Å². The predicted octanol–water partition coefficient (Wildman–Crippen LogP) is 2.29. The zero-order valence-corrected chi connectivity index (χ0v) is 11.3. The molecule has 2 atom stereocenters. The number of nitrogens with one attached hydrogen (secondary N) is 1. The molecule has 1 aliphatic rings. The van der Waals surface area contributed by atoms with Gasteiger partial charge in [-0.05, 0) is 32.4 Å². The van der Waals surface area contributed by atoms with E-state index in [0.29, 0.717) is 6.61 Å². The second-order valence-electron chi connectivity index (χ2n) is 4.91. The Hall–Kier alpha value is -1.06. The van der Waals surface area contributed by atoms with Crippen LogP contribution in [0.25, 0.3) is 0 Å². The van der Waals surface area contributed by atoms with Crippen LogP contribution in [0.1, 0.15) is 32.3 Å². The Labute approximate surface area is 109 Å². The SMILES string of the molecule is CCOc1ccccc1C1(O)CCNCC1CC. The van der Waals surface area contributed by atoms with Gasteiger partial charge in [-0.1, -0.05) is 25.1 Å². The van der Waals surface area contributed by atoms with Crippen LogP contribution in [-0.4, -0.2) is 24.8 Å². The lowest BCUT2D eigenvalue weighted by Crippen LogP contribution is -2.48. The number of hydrogen-bond acceptors (Lipinski definition) is 3. The summed E-state index contributed by atoms with van der Waals surface area (Å²) in [4.78, 5) is 0. The highest BCUT2D eigenvalue weighted by atomic mass is 16.5. The first-order chi connectivity index (χ1) is 8.72. The first-order valence-corrected chi connectivity index (χ1v) is 6.87. The number of rotatable bonds is 4. The highest BCUT2D eigenvalue weighted by Gasteiger charge is 2.41. The second kappa shape index (κ2) is 5.72. The fraction of sp³-hybridized carbons (Fsp3) is 0.600. The molecule has 1 saturated heterocycles. The Kier molecular flexibility index (Phi) is 4.25. The molecule has 0 spiro atoms. The smallest absolute Gasteiger partial charge is 0.125 e. The van der Waals surface area contributed by atoms with Crippen molar-refractivity contribution in [3.63, 3.8) is 0 Å². The number of hydrogen-bond donors (Lipinski definition) is 2. The zero-order valence-electron chi connectivity index (χ0n) is 11.3. The fourth-order valence-electron chi connectivity index (χ4n) is 2.87. The molecule has 100 valence electrons. The van der Waals surface area contributed by atoms with Crippen LogP contribution in [0.2, 0.25) is 0 Å². The normalized spacial score (nSPS) is 28.1. The van der Waals surface area contributed by atoms with E-state index in [1.807, 2.05) is 31.2 Å². The molecule has 3 nitrogen and oxygen atoms in total. The lowest BCUT2D eigenvalue weighted by Gasteiger charge is -2.41. The molecule has 2 rings (SSSR count). The molecule has 0 saturated carbocycles. The van der Waals surface area contributed by atoms with Crippen molar-refractivity contribution in [3.8, 4) is 5.75 Å². The molecule has 0 amide bonds. The zero-order chi connectivity index (χ0) is 13.0. The largest absolute Gasteiger partial charge is 0.493 e. The number of para-hydroxylation sites is 1. The van der Waals surface area contributed by atoms with Crippen LogP contribution in [0.4, 0.5) is 0 Å². The van der Waals surface area contributed by atoms with E-state index in [0.717, 1.165) is 37.2 Å². The van der Waals surface area contributed by atoms with Gasteiger partial charge in [0.05, 0.1) is 12.2 Å². The third-order valence-electron chi connectivity index (χ3n) is 3.90. The van der Waals surface area contributed by atoms with E-state index >= 15 is 0 Å². The Morgan fingerprint density at radius 1 is 1.39 bits per heavy atom. The van der Waals surface area contributed by atoms with E-state index in [4.69, 9.17) is 4.74 Å². The first kappa shape index (κ1) is 13.4. The van der Waals surface area contributed by atoms with Gasteiger partial charge >= 0.3 is 0 Å². The van der Waals surface area contributed by atoms with Crippen LogP contribution >= 0.6 is 0 Å². The van der Waals surface area contributed by atoms with Crippen LogP contribution in [0.5, 0.6) is 5.75 Å². The fourth-order valence-corrected chi connectivity index (χ4v) is 2.87. The summed E-state index contributed by atoms with van der Waals surface area (Å²) in [6.07, 6.45) is 1.71. The number of aliphatic hydroxyl groups is 1. The molecule has 0 bridgehead atoms.